The molecule has 1 aliphatic carbocycles. The first-order chi connectivity index (χ1) is 12.6. The van der Waals surface area contributed by atoms with E-state index in [2.05, 4.69) is 19.9 Å². The molecule has 9 nitrogen and oxygen atoms in total. The highest BCUT2D eigenvalue weighted by atomic mass is 16.6. The molecule has 0 bridgehead atoms. The van der Waals surface area contributed by atoms with Crippen LogP contribution in [-0.4, -0.2) is 54.8 Å². The van der Waals surface area contributed by atoms with E-state index >= 15 is 0 Å². The van der Waals surface area contributed by atoms with Crippen molar-refractivity contribution < 1.29 is 9.72 Å². The van der Waals surface area contributed by atoms with E-state index in [9.17, 15) is 14.9 Å². The zero-order valence-corrected chi connectivity index (χ0v) is 14.1. The summed E-state index contributed by atoms with van der Waals surface area (Å²) in [6.45, 7) is 1.18. The smallest absolute Gasteiger partial charge is 0.232 e. The number of carbonyl (C=O) groups is 1. The second-order valence-corrected chi connectivity index (χ2v) is 6.72. The lowest BCUT2D eigenvalue weighted by Gasteiger charge is -2.31. The lowest BCUT2D eigenvalue weighted by Crippen LogP contribution is -2.40. The normalized spacial score (nSPS) is 22.8. The summed E-state index contributed by atoms with van der Waals surface area (Å²) in [5.41, 5.74) is 1.62. The van der Waals surface area contributed by atoms with Gasteiger partial charge < -0.3 is 4.90 Å². The molecular formula is C17H18N6O3. The molecule has 0 N–H and O–H groups in total. The topological polar surface area (TPSA) is 115 Å². The van der Waals surface area contributed by atoms with Gasteiger partial charge in [0.1, 0.15) is 18.1 Å². The van der Waals surface area contributed by atoms with Gasteiger partial charge in [0.05, 0.1) is 5.69 Å². The van der Waals surface area contributed by atoms with Gasteiger partial charge >= 0.3 is 0 Å². The quantitative estimate of drug-likeness (QED) is 0.600. The van der Waals surface area contributed by atoms with Crippen molar-refractivity contribution >= 4 is 5.91 Å². The molecule has 0 radical (unpaired) electrons. The standard InChI is InChI=1S/C17H18N6O3/c24-17(13-7-15(13)23(25)26)22-5-2-11(3-6-22)16-20-4-1-14(21-16)12-8-18-10-19-9-12/h1,4,8-11,13,15H,2-3,5-7H2/t13-,15-/m1/s1. The first-order valence-electron chi connectivity index (χ1n) is 8.64. The summed E-state index contributed by atoms with van der Waals surface area (Å²) in [4.78, 5) is 41.5. The Balaban J connectivity index is 1.39. The van der Waals surface area contributed by atoms with E-state index in [1.165, 1.54) is 6.33 Å². The number of hydrogen-bond donors (Lipinski definition) is 0. The Kier molecular flexibility index (Phi) is 4.27. The molecule has 2 aromatic heterocycles. The van der Waals surface area contributed by atoms with Gasteiger partial charge in [0.15, 0.2) is 0 Å². The Morgan fingerprint density at radius 1 is 1.23 bits per heavy atom. The molecule has 1 saturated heterocycles. The number of piperidine rings is 1. The second-order valence-electron chi connectivity index (χ2n) is 6.72. The minimum Gasteiger partial charge on any atom is -0.342 e. The van der Waals surface area contributed by atoms with E-state index in [0.29, 0.717) is 19.5 Å². The van der Waals surface area contributed by atoms with Gasteiger partial charge in [0.2, 0.25) is 11.9 Å². The van der Waals surface area contributed by atoms with Crippen LogP contribution in [0.1, 0.15) is 31.0 Å². The fraction of sp³-hybridized carbons (Fsp3) is 0.471. The molecule has 0 unspecified atom stereocenters. The van der Waals surface area contributed by atoms with Gasteiger partial charge in [-0.3, -0.25) is 14.9 Å². The first-order valence-corrected chi connectivity index (χ1v) is 8.64. The van der Waals surface area contributed by atoms with E-state index in [0.717, 1.165) is 29.9 Å². The lowest BCUT2D eigenvalue weighted by molar-refractivity contribution is -0.497. The SMILES string of the molecule is O=C([C@@H]1C[C@H]1[N+](=O)[O-])N1CCC(c2nccc(-c3cncnc3)n2)CC1. The van der Waals surface area contributed by atoms with Crippen molar-refractivity contribution in [3.8, 4) is 11.3 Å². The molecule has 3 heterocycles. The molecule has 2 aromatic rings. The Labute approximate surface area is 149 Å². The van der Waals surface area contributed by atoms with E-state index in [-0.39, 0.29) is 16.7 Å². The third kappa shape index (κ3) is 3.24. The van der Waals surface area contributed by atoms with E-state index in [4.69, 9.17) is 0 Å². The highest BCUT2D eigenvalue weighted by molar-refractivity contribution is 5.82. The van der Waals surface area contributed by atoms with Crippen molar-refractivity contribution in [1.82, 2.24) is 24.8 Å². The molecular weight excluding hydrogens is 336 g/mol. The zero-order valence-electron chi connectivity index (χ0n) is 14.1. The van der Waals surface area contributed by atoms with Crippen LogP contribution in [0.15, 0.2) is 31.0 Å². The molecule has 134 valence electrons. The van der Waals surface area contributed by atoms with Crippen LogP contribution in [0.5, 0.6) is 0 Å². The minimum absolute atomic E-state index is 0.0822. The molecule has 2 aliphatic rings. The molecule has 9 heteroatoms. The molecule has 0 spiro atoms. The average molecular weight is 354 g/mol. The maximum atomic E-state index is 12.3. The number of nitro groups is 1. The van der Waals surface area contributed by atoms with Gasteiger partial charge in [0.25, 0.3) is 0 Å². The Bertz CT molecular complexity index is 822. The van der Waals surface area contributed by atoms with E-state index in [1.807, 2.05) is 6.07 Å². The summed E-state index contributed by atoms with van der Waals surface area (Å²) < 4.78 is 0. The van der Waals surface area contributed by atoms with E-state index < -0.39 is 12.0 Å². The van der Waals surface area contributed by atoms with Gasteiger partial charge in [-0.2, -0.15) is 0 Å². The highest BCUT2D eigenvalue weighted by Gasteiger charge is 2.54. The average Bonchev–Trinajstić information content (AvgIpc) is 3.50. The van der Waals surface area contributed by atoms with Crippen LogP contribution >= 0.6 is 0 Å². The summed E-state index contributed by atoms with van der Waals surface area (Å²) in [7, 11) is 0. The van der Waals surface area contributed by atoms with Crippen molar-refractivity contribution in [2.24, 2.45) is 5.92 Å². The predicted octanol–water partition coefficient (Wildman–Crippen LogP) is 1.30. The van der Waals surface area contributed by atoms with Gasteiger partial charge in [0, 0.05) is 54.5 Å². The summed E-state index contributed by atoms with van der Waals surface area (Å²) in [5.74, 6) is 0.419. The second kappa shape index (κ2) is 6.74. The van der Waals surface area contributed by atoms with Gasteiger partial charge in [-0.1, -0.05) is 0 Å². The maximum Gasteiger partial charge on any atom is 0.232 e. The monoisotopic (exact) mass is 354 g/mol. The van der Waals surface area contributed by atoms with Crippen molar-refractivity contribution in [1.29, 1.82) is 0 Å². The van der Waals surface area contributed by atoms with Crippen molar-refractivity contribution in [3.05, 3.63) is 46.9 Å². The molecule has 1 aliphatic heterocycles. The number of rotatable bonds is 4. The van der Waals surface area contributed by atoms with Crippen molar-refractivity contribution in [2.75, 3.05) is 13.1 Å². The third-order valence-corrected chi connectivity index (χ3v) is 5.05. The van der Waals surface area contributed by atoms with Crippen LogP contribution in [0.4, 0.5) is 0 Å². The third-order valence-electron chi connectivity index (χ3n) is 5.05. The summed E-state index contributed by atoms with van der Waals surface area (Å²) >= 11 is 0. The van der Waals surface area contributed by atoms with Crippen molar-refractivity contribution in [3.63, 3.8) is 0 Å². The van der Waals surface area contributed by atoms with Crippen molar-refractivity contribution in [2.45, 2.75) is 31.2 Å². The lowest BCUT2D eigenvalue weighted by atomic mass is 9.95. The number of nitrogens with zero attached hydrogens (tertiary/aromatic N) is 6. The molecule has 2 atom stereocenters. The fourth-order valence-electron chi connectivity index (χ4n) is 3.44. The summed E-state index contributed by atoms with van der Waals surface area (Å²) in [5, 5.41) is 10.8. The number of aromatic nitrogens is 4. The van der Waals surface area contributed by atoms with E-state index in [1.54, 1.807) is 23.5 Å². The molecule has 2 fully saturated rings. The molecule has 1 saturated carbocycles. The number of amides is 1. The number of hydrogen-bond acceptors (Lipinski definition) is 7. The fourth-order valence-corrected chi connectivity index (χ4v) is 3.44. The van der Waals surface area contributed by atoms with Crippen LogP contribution < -0.4 is 0 Å². The largest absolute Gasteiger partial charge is 0.342 e. The molecule has 0 aromatic carbocycles. The minimum atomic E-state index is -0.687. The number of carbonyl (C=O) groups excluding carboxylic acids is 1. The van der Waals surface area contributed by atoms with Gasteiger partial charge in [-0.05, 0) is 18.9 Å². The zero-order chi connectivity index (χ0) is 18.1. The molecule has 4 rings (SSSR count). The summed E-state index contributed by atoms with van der Waals surface area (Å²) in [6.07, 6.45) is 8.52. The number of likely N-dealkylation sites (tertiary alicyclic amines) is 1. The predicted molar refractivity (Wildman–Crippen MR) is 90.5 cm³/mol. The summed E-state index contributed by atoms with van der Waals surface area (Å²) in [6, 6.07) is 1.14. The van der Waals surface area contributed by atoms with Crippen LogP contribution in [0.2, 0.25) is 0 Å². The Morgan fingerprint density at radius 3 is 2.62 bits per heavy atom. The van der Waals surface area contributed by atoms with Crippen LogP contribution in [-0.2, 0) is 4.79 Å². The molecule has 1 amide bonds. The maximum absolute atomic E-state index is 12.3. The van der Waals surface area contributed by atoms with Crippen LogP contribution in [0.25, 0.3) is 11.3 Å². The van der Waals surface area contributed by atoms with Gasteiger partial charge in [-0.15, -0.1) is 0 Å². The van der Waals surface area contributed by atoms with Crippen LogP contribution in [0, 0.1) is 16.0 Å². The molecule has 26 heavy (non-hydrogen) atoms. The Hall–Kier alpha value is -2.97. The Morgan fingerprint density at radius 2 is 1.96 bits per heavy atom. The first kappa shape index (κ1) is 16.5. The van der Waals surface area contributed by atoms with Crippen LogP contribution in [0.3, 0.4) is 0 Å². The highest BCUT2D eigenvalue weighted by Crippen LogP contribution is 2.36. The van der Waals surface area contributed by atoms with Gasteiger partial charge in [-0.25, -0.2) is 19.9 Å².